The van der Waals surface area contributed by atoms with Crippen molar-refractivity contribution in [2.75, 3.05) is 5.73 Å². The van der Waals surface area contributed by atoms with Gasteiger partial charge in [-0.05, 0) is 28.1 Å². The van der Waals surface area contributed by atoms with Crippen LogP contribution in [0, 0.1) is 0 Å². The number of nitrogens with zero attached hydrogens (tertiary/aromatic N) is 3. The number of benzene rings is 1. The minimum Gasteiger partial charge on any atom is -0.398 e. The normalized spacial score (nSPS) is 11.8. The molecule has 0 aliphatic rings. The molecule has 1 heterocycles. The van der Waals surface area contributed by atoms with Gasteiger partial charge in [-0.15, -0.1) is 5.10 Å². The highest BCUT2D eigenvalue weighted by Gasteiger charge is 2.31. The predicted molar refractivity (Wildman–Crippen MR) is 63.6 cm³/mol. The van der Waals surface area contributed by atoms with Gasteiger partial charge in [-0.2, -0.15) is 13.2 Å². The van der Waals surface area contributed by atoms with E-state index in [0.29, 0.717) is 15.9 Å². The molecule has 0 radical (unpaired) electrons. The van der Waals surface area contributed by atoms with E-state index in [0.717, 1.165) is 12.1 Å². The van der Waals surface area contributed by atoms with Gasteiger partial charge in [-0.3, -0.25) is 0 Å². The molecule has 96 valence electrons. The van der Waals surface area contributed by atoms with Crippen molar-refractivity contribution < 1.29 is 13.2 Å². The number of rotatable bonds is 1. The standard InChI is InChI=1S/C10H8BrF3N4/c1-18-8(9(11)16-17-18)6-3-2-5(4-7(6)15)10(12,13)14/h2-4H,15H2,1H3. The topological polar surface area (TPSA) is 56.7 Å². The Morgan fingerprint density at radius 2 is 2.00 bits per heavy atom. The van der Waals surface area contributed by atoms with Crippen molar-refractivity contribution in [1.29, 1.82) is 0 Å². The SMILES string of the molecule is Cn1nnc(Br)c1-c1ccc(C(F)(F)F)cc1N. The van der Waals surface area contributed by atoms with E-state index in [1.165, 1.54) is 10.7 Å². The van der Waals surface area contributed by atoms with Crippen LogP contribution in [0.1, 0.15) is 5.56 Å². The molecule has 1 aromatic carbocycles. The highest BCUT2D eigenvalue weighted by atomic mass is 79.9. The second-order valence-corrected chi connectivity index (χ2v) is 4.40. The number of hydrogen-bond donors (Lipinski definition) is 1. The van der Waals surface area contributed by atoms with E-state index < -0.39 is 11.7 Å². The van der Waals surface area contributed by atoms with Crippen LogP contribution in [0.2, 0.25) is 0 Å². The average Bonchev–Trinajstić information content (AvgIpc) is 2.58. The van der Waals surface area contributed by atoms with Crippen molar-refractivity contribution in [3.05, 3.63) is 28.4 Å². The van der Waals surface area contributed by atoms with Gasteiger partial charge in [-0.25, -0.2) is 4.68 Å². The Balaban J connectivity index is 2.55. The average molecular weight is 321 g/mol. The maximum atomic E-state index is 12.5. The van der Waals surface area contributed by atoms with Crippen LogP contribution >= 0.6 is 15.9 Å². The molecule has 0 spiro atoms. The molecular weight excluding hydrogens is 313 g/mol. The molecule has 0 bridgehead atoms. The van der Waals surface area contributed by atoms with Crippen molar-refractivity contribution in [1.82, 2.24) is 15.0 Å². The number of nitrogens with two attached hydrogens (primary N) is 1. The van der Waals surface area contributed by atoms with Crippen molar-refractivity contribution in [3.8, 4) is 11.3 Å². The van der Waals surface area contributed by atoms with Crippen molar-refractivity contribution >= 4 is 21.6 Å². The molecule has 0 atom stereocenters. The van der Waals surface area contributed by atoms with Gasteiger partial charge in [0.2, 0.25) is 0 Å². The van der Waals surface area contributed by atoms with E-state index in [-0.39, 0.29) is 5.69 Å². The Labute approximate surface area is 109 Å². The molecule has 0 unspecified atom stereocenters. The second kappa shape index (κ2) is 4.27. The van der Waals surface area contributed by atoms with Crippen LogP contribution in [0.25, 0.3) is 11.3 Å². The molecule has 18 heavy (non-hydrogen) atoms. The monoisotopic (exact) mass is 320 g/mol. The molecule has 0 amide bonds. The summed E-state index contributed by atoms with van der Waals surface area (Å²) in [4.78, 5) is 0. The van der Waals surface area contributed by atoms with E-state index in [2.05, 4.69) is 26.2 Å². The third-order valence-corrected chi connectivity index (χ3v) is 2.95. The molecule has 8 heteroatoms. The summed E-state index contributed by atoms with van der Waals surface area (Å²) in [6.45, 7) is 0. The van der Waals surface area contributed by atoms with Crippen LogP contribution in [0.3, 0.4) is 0 Å². The minimum atomic E-state index is -4.41. The number of aromatic nitrogens is 3. The lowest BCUT2D eigenvalue weighted by Crippen LogP contribution is -2.06. The lowest BCUT2D eigenvalue weighted by Gasteiger charge is -2.10. The zero-order valence-corrected chi connectivity index (χ0v) is 10.7. The number of halogens is 4. The first-order chi connectivity index (χ1) is 8.30. The molecule has 2 rings (SSSR count). The van der Waals surface area contributed by atoms with E-state index >= 15 is 0 Å². The van der Waals surface area contributed by atoms with Crippen molar-refractivity contribution in [2.24, 2.45) is 7.05 Å². The number of alkyl halides is 3. The quantitative estimate of drug-likeness (QED) is 0.822. The van der Waals surface area contributed by atoms with Crippen molar-refractivity contribution in [3.63, 3.8) is 0 Å². The molecule has 2 aromatic rings. The second-order valence-electron chi connectivity index (χ2n) is 3.65. The van der Waals surface area contributed by atoms with Crippen LogP contribution in [0.5, 0.6) is 0 Å². The van der Waals surface area contributed by atoms with Crippen LogP contribution in [-0.2, 0) is 13.2 Å². The third kappa shape index (κ3) is 2.20. The fraction of sp³-hybridized carbons (Fsp3) is 0.200. The number of aryl methyl sites for hydroxylation is 1. The van der Waals surface area contributed by atoms with Gasteiger partial charge in [-0.1, -0.05) is 11.3 Å². The Bertz CT molecular complexity index is 572. The first kappa shape index (κ1) is 12.9. The van der Waals surface area contributed by atoms with E-state index in [4.69, 9.17) is 5.73 Å². The maximum absolute atomic E-state index is 12.5. The first-order valence-electron chi connectivity index (χ1n) is 4.83. The predicted octanol–water partition coefficient (Wildman–Crippen LogP) is 2.85. The highest BCUT2D eigenvalue weighted by molar-refractivity contribution is 9.10. The van der Waals surface area contributed by atoms with Crippen molar-refractivity contribution in [2.45, 2.75) is 6.18 Å². The van der Waals surface area contributed by atoms with Gasteiger partial charge in [0.25, 0.3) is 0 Å². The van der Waals surface area contributed by atoms with Crippen LogP contribution < -0.4 is 5.73 Å². The zero-order chi connectivity index (χ0) is 13.5. The third-order valence-electron chi connectivity index (χ3n) is 2.42. The molecule has 0 fully saturated rings. The lowest BCUT2D eigenvalue weighted by atomic mass is 10.1. The van der Waals surface area contributed by atoms with Gasteiger partial charge in [0, 0.05) is 18.3 Å². The Morgan fingerprint density at radius 1 is 1.33 bits per heavy atom. The highest BCUT2D eigenvalue weighted by Crippen LogP contribution is 2.36. The summed E-state index contributed by atoms with van der Waals surface area (Å²) in [7, 11) is 1.63. The number of hydrogen-bond acceptors (Lipinski definition) is 3. The fourth-order valence-corrected chi connectivity index (χ4v) is 2.11. The number of nitrogen functional groups attached to an aromatic ring is 1. The van der Waals surface area contributed by atoms with E-state index in [1.54, 1.807) is 7.05 Å². The molecule has 4 nitrogen and oxygen atoms in total. The maximum Gasteiger partial charge on any atom is 0.416 e. The molecule has 0 saturated heterocycles. The Kier molecular flexibility index (Phi) is 3.05. The number of anilines is 1. The molecule has 0 aliphatic carbocycles. The summed E-state index contributed by atoms with van der Waals surface area (Å²) in [5, 5.41) is 7.50. The molecular formula is C10H8BrF3N4. The van der Waals surface area contributed by atoms with E-state index in [9.17, 15) is 13.2 Å². The molecule has 1 aromatic heterocycles. The molecule has 2 N–H and O–H groups in total. The van der Waals surface area contributed by atoms with Crippen LogP contribution in [-0.4, -0.2) is 15.0 Å². The van der Waals surface area contributed by atoms with E-state index in [1.807, 2.05) is 0 Å². The fourth-order valence-electron chi connectivity index (χ4n) is 1.57. The summed E-state index contributed by atoms with van der Waals surface area (Å²) in [5.41, 5.74) is 5.87. The van der Waals surface area contributed by atoms with Gasteiger partial charge < -0.3 is 5.73 Å². The minimum absolute atomic E-state index is 0.0240. The summed E-state index contributed by atoms with van der Waals surface area (Å²) in [6, 6.07) is 3.18. The lowest BCUT2D eigenvalue weighted by molar-refractivity contribution is -0.137. The largest absolute Gasteiger partial charge is 0.416 e. The summed E-state index contributed by atoms with van der Waals surface area (Å²) >= 11 is 3.17. The first-order valence-corrected chi connectivity index (χ1v) is 5.62. The smallest absolute Gasteiger partial charge is 0.398 e. The summed E-state index contributed by atoms with van der Waals surface area (Å²) in [5.74, 6) is 0. The van der Waals surface area contributed by atoms with Gasteiger partial charge in [0.05, 0.1) is 5.56 Å². The molecule has 0 saturated carbocycles. The van der Waals surface area contributed by atoms with Gasteiger partial charge in [0.15, 0.2) is 4.60 Å². The molecule has 0 aliphatic heterocycles. The summed E-state index contributed by atoms with van der Waals surface area (Å²) < 4.78 is 39.4. The summed E-state index contributed by atoms with van der Waals surface area (Å²) in [6.07, 6.45) is -4.41. The Hall–Kier alpha value is -1.57. The van der Waals surface area contributed by atoms with Crippen LogP contribution in [0.15, 0.2) is 22.8 Å². The van der Waals surface area contributed by atoms with Gasteiger partial charge >= 0.3 is 6.18 Å². The Morgan fingerprint density at radius 3 is 2.44 bits per heavy atom. The zero-order valence-electron chi connectivity index (χ0n) is 9.16. The van der Waals surface area contributed by atoms with Gasteiger partial charge in [0.1, 0.15) is 5.69 Å². The van der Waals surface area contributed by atoms with Crippen LogP contribution in [0.4, 0.5) is 18.9 Å².